The molecule has 138 valence electrons. The molecule has 2 saturated heterocycles. The molecule has 0 aromatic heterocycles. The molecule has 1 atom stereocenters. The van der Waals surface area contributed by atoms with E-state index in [1.807, 2.05) is 4.90 Å². The van der Waals surface area contributed by atoms with Crippen LogP contribution in [0.5, 0.6) is 5.75 Å². The van der Waals surface area contributed by atoms with E-state index in [2.05, 4.69) is 9.64 Å². The third kappa shape index (κ3) is 5.12. The Morgan fingerprint density at radius 1 is 1.20 bits per heavy atom. The minimum absolute atomic E-state index is 0.0605. The molecular formula is C18H24F2N2O3. The molecule has 2 aliphatic rings. The van der Waals surface area contributed by atoms with Gasteiger partial charge in [-0.05, 0) is 49.6 Å². The van der Waals surface area contributed by atoms with Crippen LogP contribution >= 0.6 is 0 Å². The average Bonchev–Trinajstić information content (AvgIpc) is 2.99. The molecule has 1 aromatic rings. The van der Waals surface area contributed by atoms with Crippen LogP contribution in [0.4, 0.5) is 8.78 Å². The normalized spacial score (nSPS) is 22.2. The minimum atomic E-state index is -2.86. The van der Waals surface area contributed by atoms with Gasteiger partial charge in [-0.2, -0.15) is 8.78 Å². The Kier molecular flexibility index (Phi) is 6.20. The number of hydrogen-bond donors (Lipinski definition) is 0. The topological polar surface area (TPSA) is 42.0 Å². The van der Waals surface area contributed by atoms with Crippen molar-refractivity contribution in [2.45, 2.75) is 19.5 Å². The van der Waals surface area contributed by atoms with Crippen molar-refractivity contribution in [3.63, 3.8) is 0 Å². The molecule has 2 aliphatic heterocycles. The summed E-state index contributed by atoms with van der Waals surface area (Å²) in [7, 11) is 0. The Balaban J connectivity index is 1.53. The lowest BCUT2D eigenvalue weighted by Gasteiger charge is -2.24. The third-order valence-electron chi connectivity index (χ3n) is 4.74. The van der Waals surface area contributed by atoms with Crippen molar-refractivity contribution >= 4 is 5.91 Å². The van der Waals surface area contributed by atoms with Crippen molar-refractivity contribution in [2.24, 2.45) is 5.92 Å². The van der Waals surface area contributed by atoms with Crippen LogP contribution in [0.25, 0.3) is 0 Å². The number of hydrogen-bond acceptors (Lipinski definition) is 4. The molecule has 5 nitrogen and oxygen atoms in total. The smallest absolute Gasteiger partial charge is 0.387 e. The Morgan fingerprint density at radius 2 is 2.00 bits per heavy atom. The zero-order chi connectivity index (χ0) is 17.6. The molecule has 25 heavy (non-hydrogen) atoms. The summed E-state index contributed by atoms with van der Waals surface area (Å²) in [4.78, 5) is 16.9. The maximum absolute atomic E-state index is 12.6. The average molecular weight is 354 g/mol. The van der Waals surface area contributed by atoms with Crippen LogP contribution in [0, 0.1) is 5.92 Å². The first-order valence-corrected chi connectivity index (χ1v) is 8.76. The van der Waals surface area contributed by atoms with E-state index in [9.17, 15) is 13.6 Å². The number of halogens is 2. The molecule has 2 fully saturated rings. The van der Waals surface area contributed by atoms with Gasteiger partial charge in [0, 0.05) is 38.3 Å². The number of rotatable bonds is 5. The van der Waals surface area contributed by atoms with Gasteiger partial charge in [0.05, 0.1) is 6.61 Å². The predicted molar refractivity (Wildman–Crippen MR) is 89.0 cm³/mol. The van der Waals surface area contributed by atoms with Gasteiger partial charge in [-0.15, -0.1) is 0 Å². The summed E-state index contributed by atoms with van der Waals surface area (Å²) in [5.41, 5.74) is 0.499. The Morgan fingerprint density at radius 3 is 2.68 bits per heavy atom. The van der Waals surface area contributed by atoms with Gasteiger partial charge in [0.15, 0.2) is 0 Å². The number of carbonyl (C=O) groups is 1. The van der Waals surface area contributed by atoms with Crippen LogP contribution in [-0.2, 0) is 4.74 Å². The largest absolute Gasteiger partial charge is 0.435 e. The van der Waals surface area contributed by atoms with Gasteiger partial charge in [-0.1, -0.05) is 0 Å². The molecule has 2 heterocycles. The summed E-state index contributed by atoms with van der Waals surface area (Å²) in [5.74, 6) is 0.603. The van der Waals surface area contributed by atoms with Crippen LogP contribution in [-0.4, -0.2) is 68.3 Å². The van der Waals surface area contributed by atoms with Crippen LogP contribution in [0.15, 0.2) is 24.3 Å². The van der Waals surface area contributed by atoms with Gasteiger partial charge >= 0.3 is 6.61 Å². The zero-order valence-corrected chi connectivity index (χ0v) is 14.2. The predicted octanol–water partition coefficient (Wildman–Crippen LogP) is 2.47. The highest BCUT2D eigenvalue weighted by molar-refractivity contribution is 5.94. The van der Waals surface area contributed by atoms with Crippen molar-refractivity contribution < 1.29 is 23.0 Å². The summed E-state index contributed by atoms with van der Waals surface area (Å²) in [6.07, 6.45) is 2.05. The van der Waals surface area contributed by atoms with E-state index >= 15 is 0 Å². The van der Waals surface area contributed by atoms with E-state index in [-0.39, 0.29) is 11.7 Å². The van der Waals surface area contributed by atoms with Gasteiger partial charge in [-0.25, -0.2) is 0 Å². The number of amides is 1. The highest BCUT2D eigenvalue weighted by Gasteiger charge is 2.23. The van der Waals surface area contributed by atoms with Crippen molar-refractivity contribution in [1.82, 2.24) is 9.80 Å². The first kappa shape index (κ1) is 18.1. The quantitative estimate of drug-likeness (QED) is 0.815. The molecular weight excluding hydrogens is 330 g/mol. The standard InChI is InChI=1S/C18H24F2N2O3/c19-18(20)25-16-4-2-15(3-5-16)17(23)22-8-1-7-21(9-10-22)12-14-6-11-24-13-14/h2-5,14,18H,1,6-13H2. The van der Waals surface area contributed by atoms with E-state index < -0.39 is 6.61 Å². The summed E-state index contributed by atoms with van der Waals surface area (Å²) in [5, 5.41) is 0. The lowest BCUT2D eigenvalue weighted by atomic mass is 10.1. The van der Waals surface area contributed by atoms with Crippen molar-refractivity contribution in [1.29, 1.82) is 0 Å². The van der Waals surface area contributed by atoms with E-state index in [4.69, 9.17) is 4.74 Å². The Hall–Kier alpha value is -1.73. The van der Waals surface area contributed by atoms with Crippen molar-refractivity contribution in [3.05, 3.63) is 29.8 Å². The summed E-state index contributed by atoms with van der Waals surface area (Å²) in [6.45, 7) is 3.11. The van der Waals surface area contributed by atoms with Crippen LogP contribution in [0.2, 0.25) is 0 Å². The second kappa shape index (κ2) is 8.58. The molecule has 1 unspecified atom stereocenters. The fourth-order valence-electron chi connectivity index (χ4n) is 3.41. The van der Waals surface area contributed by atoms with E-state index in [1.165, 1.54) is 12.1 Å². The first-order chi connectivity index (χ1) is 12.1. The molecule has 1 amide bonds. The SMILES string of the molecule is O=C(c1ccc(OC(F)F)cc1)N1CCCN(CC2CCOC2)CC1. The maximum Gasteiger partial charge on any atom is 0.387 e. The molecule has 0 saturated carbocycles. The molecule has 3 rings (SSSR count). The van der Waals surface area contributed by atoms with Crippen molar-refractivity contribution in [3.8, 4) is 5.75 Å². The lowest BCUT2D eigenvalue weighted by Crippen LogP contribution is -2.36. The fourth-order valence-corrected chi connectivity index (χ4v) is 3.41. The molecule has 0 bridgehead atoms. The molecule has 7 heteroatoms. The molecule has 0 radical (unpaired) electrons. The molecule has 0 N–H and O–H groups in total. The number of carbonyl (C=O) groups excluding carboxylic acids is 1. The van der Waals surface area contributed by atoms with Crippen LogP contribution < -0.4 is 4.74 Å². The lowest BCUT2D eigenvalue weighted by molar-refractivity contribution is -0.0498. The number of ether oxygens (including phenoxy) is 2. The molecule has 0 spiro atoms. The molecule has 1 aromatic carbocycles. The monoisotopic (exact) mass is 354 g/mol. The van der Waals surface area contributed by atoms with Gasteiger partial charge in [0.1, 0.15) is 5.75 Å². The van der Waals surface area contributed by atoms with E-state index in [0.717, 1.165) is 45.7 Å². The van der Waals surface area contributed by atoms with Gasteiger partial charge in [0.2, 0.25) is 0 Å². The second-order valence-electron chi connectivity index (χ2n) is 6.58. The fraction of sp³-hybridized carbons (Fsp3) is 0.611. The second-order valence-corrected chi connectivity index (χ2v) is 6.58. The summed E-state index contributed by atoms with van der Waals surface area (Å²) >= 11 is 0. The maximum atomic E-state index is 12.6. The van der Waals surface area contributed by atoms with E-state index in [0.29, 0.717) is 24.6 Å². The minimum Gasteiger partial charge on any atom is -0.435 e. The third-order valence-corrected chi connectivity index (χ3v) is 4.74. The summed E-state index contributed by atoms with van der Waals surface area (Å²) in [6, 6.07) is 5.89. The highest BCUT2D eigenvalue weighted by atomic mass is 19.3. The van der Waals surface area contributed by atoms with Gasteiger partial charge < -0.3 is 19.3 Å². The molecule has 0 aliphatic carbocycles. The van der Waals surface area contributed by atoms with Gasteiger partial charge in [0.25, 0.3) is 5.91 Å². The highest BCUT2D eigenvalue weighted by Crippen LogP contribution is 2.18. The summed E-state index contributed by atoms with van der Waals surface area (Å²) < 4.78 is 34.1. The Bertz CT molecular complexity index is 562. The Labute approximate surface area is 146 Å². The zero-order valence-electron chi connectivity index (χ0n) is 14.2. The number of alkyl halides is 2. The van der Waals surface area contributed by atoms with Gasteiger partial charge in [-0.3, -0.25) is 4.79 Å². The van der Waals surface area contributed by atoms with Crippen LogP contribution in [0.1, 0.15) is 23.2 Å². The van der Waals surface area contributed by atoms with Crippen LogP contribution in [0.3, 0.4) is 0 Å². The number of nitrogens with zero attached hydrogens (tertiary/aromatic N) is 2. The number of benzene rings is 1. The first-order valence-electron chi connectivity index (χ1n) is 8.76. The van der Waals surface area contributed by atoms with E-state index in [1.54, 1.807) is 12.1 Å². The van der Waals surface area contributed by atoms with Crippen molar-refractivity contribution in [2.75, 3.05) is 45.9 Å².